The summed E-state index contributed by atoms with van der Waals surface area (Å²) in [6.07, 6.45) is -2.71. The fourth-order valence-corrected chi connectivity index (χ4v) is 2.81. The minimum absolute atomic E-state index is 0.0499. The Morgan fingerprint density at radius 1 is 1.00 bits per heavy atom. The highest BCUT2D eigenvalue weighted by atomic mass is 32.2. The first-order valence-electron chi connectivity index (χ1n) is 6.93. The molecule has 0 radical (unpaired) electrons. The van der Waals surface area contributed by atoms with Crippen LogP contribution >= 0.6 is 0 Å². The summed E-state index contributed by atoms with van der Waals surface area (Å²) in [5.74, 6) is 0. The molecule has 0 saturated carbocycles. The van der Waals surface area contributed by atoms with E-state index in [1.807, 2.05) is 6.07 Å². The second kappa shape index (κ2) is 6.14. The van der Waals surface area contributed by atoms with Gasteiger partial charge in [0, 0.05) is 5.56 Å². The number of sulfonamides is 1. The predicted molar refractivity (Wildman–Crippen MR) is 85.3 cm³/mol. The van der Waals surface area contributed by atoms with Crippen molar-refractivity contribution in [2.24, 2.45) is 5.14 Å². The van der Waals surface area contributed by atoms with Crippen molar-refractivity contribution in [3.05, 3.63) is 66.4 Å². The Hall–Kier alpha value is -2.58. The Morgan fingerprint density at radius 2 is 1.62 bits per heavy atom. The second-order valence-corrected chi connectivity index (χ2v) is 6.63. The highest BCUT2D eigenvalue weighted by Crippen LogP contribution is 2.28. The summed E-state index contributed by atoms with van der Waals surface area (Å²) in [6.45, 7) is 0. The molecule has 124 valence electrons. The van der Waals surface area contributed by atoms with Crippen molar-refractivity contribution in [1.82, 2.24) is 9.78 Å². The molecule has 0 unspecified atom stereocenters. The Kier molecular flexibility index (Phi) is 4.16. The van der Waals surface area contributed by atoms with Crippen LogP contribution in [0.5, 0.6) is 0 Å². The SMILES string of the molecule is NS(=O)(=O)c1ccc(-c2cc(C(F)F)nn2-c2ccccc2)cc1. The molecule has 0 aliphatic heterocycles. The van der Waals surface area contributed by atoms with Gasteiger partial charge in [0.15, 0.2) is 0 Å². The average molecular weight is 349 g/mol. The van der Waals surface area contributed by atoms with Crippen molar-refractivity contribution >= 4 is 10.0 Å². The third kappa shape index (κ3) is 3.19. The average Bonchev–Trinajstić information content (AvgIpc) is 3.00. The van der Waals surface area contributed by atoms with Gasteiger partial charge in [0.25, 0.3) is 6.43 Å². The number of alkyl halides is 2. The maximum absolute atomic E-state index is 13.0. The van der Waals surface area contributed by atoms with E-state index in [4.69, 9.17) is 5.14 Å². The summed E-state index contributed by atoms with van der Waals surface area (Å²) in [5.41, 5.74) is 1.24. The number of nitrogens with two attached hydrogens (primary N) is 1. The molecule has 0 fully saturated rings. The van der Waals surface area contributed by atoms with Crippen molar-refractivity contribution in [2.75, 3.05) is 0 Å². The van der Waals surface area contributed by atoms with E-state index in [0.29, 0.717) is 16.9 Å². The largest absolute Gasteiger partial charge is 0.282 e. The maximum Gasteiger partial charge on any atom is 0.282 e. The molecule has 0 aliphatic rings. The van der Waals surface area contributed by atoms with Crippen LogP contribution in [0.4, 0.5) is 8.78 Å². The molecule has 1 heterocycles. The Balaban J connectivity index is 2.13. The number of benzene rings is 2. The van der Waals surface area contributed by atoms with Gasteiger partial charge in [-0.2, -0.15) is 5.10 Å². The molecule has 5 nitrogen and oxygen atoms in total. The van der Waals surface area contributed by atoms with Crippen LogP contribution in [0.25, 0.3) is 16.9 Å². The van der Waals surface area contributed by atoms with E-state index < -0.39 is 16.4 Å². The fraction of sp³-hybridized carbons (Fsp3) is 0.0625. The van der Waals surface area contributed by atoms with Crippen LogP contribution in [0, 0.1) is 0 Å². The van der Waals surface area contributed by atoms with E-state index >= 15 is 0 Å². The normalized spacial score (nSPS) is 11.8. The van der Waals surface area contributed by atoms with Crippen molar-refractivity contribution in [2.45, 2.75) is 11.3 Å². The number of hydrogen-bond donors (Lipinski definition) is 1. The Morgan fingerprint density at radius 3 is 2.17 bits per heavy atom. The summed E-state index contributed by atoms with van der Waals surface area (Å²) < 4.78 is 50.1. The van der Waals surface area contributed by atoms with Gasteiger partial charge in [-0.15, -0.1) is 0 Å². The zero-order valence-electron chi connectivity index (χ0n) is 12.3. The van der Waals surface area contributed by atoms with Gasteiger partial charge in [-0.25, -0.2) is 27.0 Å². The molecule has 0 atom stereocenters. The van der Waals surface area contributed by atoms with Crippen LogP contribution in [0.1, 0.15) is 12.1 Å². The summed E-state index contributed by atoms with van der Waals surface area (Å²) in [4.78, 5) is -0.0499. The molecule has 3 rings (SSSR count). The molecule has 2 N–H and O–H groups in total. The van der Waals surface area contributed by atoms with E-state index in [0.717, 1.165) is 0 Å². The second-order valence-electron chi connectivity index (χ2n) is 5.07. The molecule has 0 aliphatic carbocycles. The first-order chi connectivity index (χ1) is 11.4. The predicted octanol–water partition coefficient (Wildman–Crippen LogP) is 3.12. The van der Waals surface area contributed by atoms with Crippen molar-refractivity contribution in [3.8, 4) is 16.9 Å². The zero-order valence-corrected chi connectivity index (χ0v) is 13.1. The maximum atomic E-state index is 13.0. The first kappa shape index (κ1) is 16.3. The molecule has 0 amide bonds. The van der Waals surface area contributed by atoms with E-state index in [-0.39, 0.29) is 10.6 Å². The standard InChI is InChI=1S/C16H13F2N3O2S/c17-16(18)14-10-15(21(20-14)12-4-2-1-3-5-12)11-6-8-13(9-7-11)24(19,22)23/h1-10,16H,(H2,19,22,23). The molecular weight excluding hydrogens is 336 g/mol. The monoisotopic (exact) mass is 349 g/mol. The van der Waals surface area contributed by atoms with Gasteiger partial charge in [0.2, 0.25) is 10.0 Å². The number of primary sulfonamides is 1. The molecule has 0 spiro atoms. The molecule has 2 aromatic carbocycles. The molecule has 1 aromatic heterocycles. The summed E-state index contributed by atoms with van der Waals surface area (Å²) in [7, 11) is -3.81. The van der Waals surface area contributed by atoms with Crippen molar-refractivity contribution in [1.29, 1.82) is 0 Å². The van der Waals surface area contributed by atoms with E-state index in [1.165, 1.54) is 35.0 Å². The van der Waals surface area contributed by atoms with E-state index in [9.17, 15) is 17.2 Å². The molecule has 24 heavy (non-hydrogen) atoms. The fourth-order valence-electron chi connectivity index (χ4n) is 2.29. The van der Waals surface area contributed by atoms with E-state index in [1.54, 1.807) is 24.3 Å². The lowest BCUT2D eigenvalue weighted by Gasteiger charge is -2.08. The van der Waals surface area contributed by atoms with Crippen LogP contribution in [-0.2, 0) is 10.0 Å². The number of rotatable bonds is 4. The van der Waals surface area contributed by atoms with Crippen LogP contribution in [-0.4, -0.2) is 18.2 Å². The number of para-hydroxylation sites is 1. The summed E-state index contributed by atoms with van der Waals surface area (Å²) >= 11 is 0. The topological polar surface area (TPSA) is 78.0 Å². The minimum Gasteiger partial charge on any atom is -0.233 e. The lowest BCUT2D eigenvalue weighted by atomic mass is 10.1. The van der Waals surface area contributed by atoms with Crippen LogP contribution in [0.3, 0.4) is 0 Å². The molecule has 0 bridgehead atoms. The van der Waals surface area contributed by atoms with Crippen LogP contribution in [0.15, 0.2) is 65.6 Å². The molecular formula is C16H13F2N3O2S. The highest BCUT2D eigenvalue weighted by Gasteiger charge is 2.18. The summed E-state index contributed by atoms with van der Waals surface area (Å²) in [5, 5.41) is 9.02. The van der Waals surface area contributed by atoms with Gasteiger partial charge in [0.1, 0.15) is 5.69 Å². The van der Waals surface area contributed by atoms with Crippen LogP contribution < -0.4 is 5.14 Å². The van der Waals surface area contributed by atoms with Gasteiger partial charge < -0.3 is 0 Å². The quantitative estimate of drug-likeness (QED) is 0.786. The first-order valence-corrected chi connectivity index (χ1v) is 8.47. The van der Waals surface area contributed by atoms with Crippen molar-refractivity contribution < 1.29 is 17.2 Å². The number of nitrogens with zero attached hydrogens (tertiary/aromatic N) is 2. The third-order valence-electron chi connectivity index (χ3n) is 3.43. The number of halogens is 2. The number of hydrogen-bond acceptors (Lipinski definition) is 3. The highest BCUT2D eigenvalue weighted by molar-refractivity contribution is 7.89. The summed E-state index contributed by atoms with van der Waals surface area (Å²) in [6, 6.07) is 15.8. The zero-order chi connectivity index (χ0) is 17.3. The lowest BCUT2D eigenvalue weighted by Crippen LogP contribution is -2.11. The Bertz CT molecular complexity index is 953. The lowest BCUT2D eigenvalue weighted by molar-refractivity contribution is 0.145. The minimum atomic E-state index is -3.81. The van der Waals surface area contributed by atoms with E-state index in [2.05, 4.69) is 5.10 Å². The third-order valence-corrected chi connectivity index (χ3v) is 4.36. The van der Waals surface area contributed by atoms with Gasteiger partial charge in [-0.05, 0) is 30.3 Å². The number of aromatic nitrogens is 2. The van der Waals surface area contributed by atoms with Crippen molar-refractivity contribution in [3.63, 3.8) is 0 Å². The smallest absolute Gasteiger partial charge is 0.233 e. The van der Waals surface area contributed by atoms with Crippen LogP contribution in [0.2, 0.25) is 0 Å². The van der Waals surface area contributed by atoms with Gasteiger partial charge in [-0.3, -0.25) is 0 Å². The van der Waals surface area contributed by atoms with Gasteiger partial charge >= 0.3 is 0 Å². The molecule has 8 heteroatoms. The molecule has 3 aromatic rings. The molecule has 0 saturated heterocycles. The van der Waals surface area contributed by atoms with Gasteiger partial charge in [-0.1, -0.05) is 30.3 Å². The van der Waals surface area contributed by atoms with Gasteiger partial charge in [0.05, 0.1) is 16.3 Å². The Labute approximate surface area is 137 Å².